The molecule has 0 bridgehead atoms. The molecule has 1 aliphatic carbocycles. The Bertz CT molecular complexity index is 2930. The van der Waals surface area contributed by atoms with Crippen LogP contribution in [-0.2, 0) is 64.1 Å². The maximum Gasteiger partial charge on any atom is 0.407 e. The monoisotopic (exact) mass is 1080 g/mol. The molecule has 0 saturated carbocycles. The van der Waals surface area contributed by atoms with E-state index in [1.165, 1.54) is 11.1 Å². The molecule has 1 unspecified atom stereocenters. The number of fused-ring (bicyclic) bond motifs is 4. The Balaban J connectivity index is 0.954. The summed E-state index contributed by atoms with van der Waals surface area (Å²) in [6.07, 6.45) is -0.107. The maximum atomic E-state index is 14.7. The second kappa shape index (κ2) is 27.6. The summed E-state index contributed by atoms with van der Waals surface area (Å²) in [5.41, 5.74) is 5.66. The molecule has 8 amide bonds. The van der Waals surface area contributed by atoms with Crippen molar-refractivity contribution in [3.63, 3.8) is 0 Å². The summed E-state index contributed by atoms with van der Waals surface area (Å²) < 4.78 is 11.9. The predicted octanol–water partition coefficient (Wildman–Crippen LogP) is 3.19. The zero-order valence-corrected chi connectivity index (χ0v) is 44.4. The van der Waals surface area contributed by atoms with Gasteiger partial charge in [-0.05, 0) is 70.5 Å². The first-order valence-corrected chi connectivity index (χ1v) is 26.9. The molecule has 2 aliphatic heterocycles. The molecule has 5 aromatic rings. The summed E-state index contributed by atoms with van der Waals surface area (Å²) in [5.74, 6) is -4.23. The standard InChI is InChI=1S/C60H69N9O10/c1-69-32-27-43-42(36-69)18-12-23-51(43)78-33-13-28-61-52(70)25-30-63-57(75)60(38-65-53(71)24-29-62-55(73)49(34-40-14-4-2-5-15-40)67-54(72)26-31-64-58(60)76)39-66-56(74)50(35-41-16-6-3-7-17-41)68-59(77)79-37-48-46-21-10-8-19-44(46)45-20-9-11-22-47(45)48/h2-12,14-23,48-50H,13,24-39H2,1H3,(H,61,70)(H,62,73)(H,63,75)(H,64,76)(H,65,71)(H,66,74)(H,67,72)(H,68,77)/t49-,50-,60?/m0/s1. The molecule has 0 radical (unpaired) electrons. The van der Waals surface area contributed by atoms with E-state index >= 15 is 0 Å². The second-order valence-corrected chi connectivity index (χ2v) is 20.1. The molecular formula is C60H69N9O10. The van der Waals surface area contributed by atoms with E-state index in [4.69, 9.17) is 9.47 Å². The van der Waals surface area contributed by atoms with Gasteiger partial charge >= 0.3 is 6.09 Å². The van der Waals surface area contributed by atoms with Crippen LogP contribution in [0.25, 0.3) is 11.1 Å². The van der Waals surface area contributed by atoms with Gasteiger partial charge in [0.05, 0.1) is 6.61 Å². The van der Waals surface area contributed by atoms with Gasteiger partial charge in [0, 0.05) is 90.4 Å². The molecule has 19 nitrogen and oxygen atoms in total. The van der Waals surface area contributed by atoms with Crippen molar-refractivity contribution in [2.24, 2.45) is 5.41 Å². The van der Waals surface area contributed by atoms with E-state index in [0.29, 0.717) is 25.1 Å². The fourth-order valence-electron chi connectivity index (χ4n) is 10.1. The molecule has 79 heavy (non-hydrogen) atoms. The van der Waals surface area contributed by atoms with Crippen LogP contribution in [-0.4, -0.2) is 131 Å². The van der Waals surface area contributed by atoms with Crippen LogP contribution in [0.2, 0.25) is 0 Å². The minimum absolute atomic E-state index is 0.0155. The fourth-order valence-corrected chi connectivity index (χ4v) is 10.1. The van der Waals surface area contributed by atoms with Gasteiger partial charge in [0.15, 0.2) is 5.41 Å². The molecule has 414 valence electrons. The van der Waals surface area contributed by atoms with Gasteiger partial charge in [-0.1, -0.05) is 121 Å². The summed E-state index contributed by atoms with van der Waals surface area (Å²) in [5, 5.41) is 21.7. The number of nitrogens with zero attached hydrogens (tertiary/aromatic N) is 1. The number of carbonyl (C=O) groups excluding carboxylic acids is 8. The Kier molecular flexibility index (Phi) is 19.8. The van der Waals surface area contributed by atoms with Crippen LogP contribution < -0.4 is 47.3 Å². The number of hydrogen-bond acceptors (Lipinski definition) is 11. The summed E-state index contributed by atoms with van der Waals surface area (Å²) >= 11 is 0. The van der Waals surface area contributed by atoms with E-state index in [2.05, 4.69) is 60.5 Å². The van der Waals surface area contributed by atoms with Crippen molar-refractivity contribution in [3.8, 4) is 16.9 Å². The Labute approximate surface area is 459 Å². The van der Waals surface area contributed by atoms with Gasteiger partial charge in [0.1, 0.15) is 24.4 Å². The number of rotatable bonds is 19. The van der Waals surface area contributed by atoms with Gasteiger partial charge in [-0.2, -0.15) is 0 Å². The summed E-state index contributed by atoms with van der Waals surface area (Å²) in [6.45, 7) is 0.359. The van der Waals surface area contributed by atoms with Crippen molar-refractivity contribution in [2.45, 2.75) is 69.5 Å². The fraction of sp³-hybridized carbons (Fsp3) is 0.367. The Morgan fingerprint density at radius 1 is 0.709 bits per heavy atom. The highest BCUT2D eigenvalue weighted by Gasteiger charge is 2.47. The van der Waals surface area contributed by atoms with Gasteiger partial charge in [-0.15, -0.1) is 0 Å². The van der Waals surface area contributed by atoms with Crippen LogP contribution in [0.1, 0.15) is 65.0 Å². The highest BCUT2D eigenvalue weighted by atomic mass is 16.5. The minimum Gasteiger partial charge on any atom is -0.493 e. The van der Waals surface area contributed by atoms with Gasteiger partial charge in [-0.25, -0.2) is 4.79 Å². The smallest absolute Gasteiger partial charge is 0.407 e. The third-order valence-corrected chi connectivity index (χ3v) is 14.4. The Hall–Kier alpha value is -8.58. The molecule has 8 rings (SSSR count). The van der Waals surface area contributed by atoms with Crippen molar-refractivity contribution >= 4 is 47.4 Å². The lowest BCUT2D eigenvalue weighted by Gasteiger charge is -2.32. The largest absolute Gasteiger partial charge is 0.493 e. The molecule has 5 aromatic carbocycles. The van der Waals surface area contributed by atoms with Crippen molar-refractivity contribution in [1.29, 1.82) is 0 Å². The zero-order valence-electron chi connectivity index (χ0n) is 44.4. The average Bonchev–Trinajstić information content (AvgIpc) is 4.01. The number of carbonyl (C=O) groups is 8. The second-order valence-electron chi connectivity index (χ2n) is 20.1. The highest BCUT2D eigenvalue weighted by molar-refractivity contribution is 6.07. The predicted molar refractivity (Wildman–Crippen MR) is 295 cm³/mol. The molecule has 1 fully saturated rings. The molecular weight excluding hydrogens is 1010 g/mol. The zero-order chi connectivity index (χ0) is 55.6. The number of ether oxygens (including phenoxy) is 2. The van der Waals surface area contributed by atoms with Crippen molar-refractivity contribution in [2.75, 3.05) is 66.1 Å². The van der Waals surface area contributed by atoms with Crippen LogP contribution >= 0.6 is 0 Å². The van der Waals surface area contributed by atoms with Gasteiger partial charge in [0.25, 0.3) is 0 Å². The first kappa shape index (κ1) is 56.6. The summed E-state index contributed by atoms with van der Waals surface area (Å²) in [6, 6.07) is 37.5. The lowest BCUT2D eigenvalue weighted by Crippen LogP contribution is -2.63. The van der Waals surface area contributed by atoms with Gasteiger partial charge in [-0.3, -0.25) is 33.6 Å². The normalized spacial score (nSPS) is 18.2. The van der Waals surface area contributed by atoms with Crippen molar-refractivity contribution in [3.05, 3.63) is 161 Å². The van der Waals surface area contributed by atoms with Crippen molar-refractivity contribution < 1.29 is 47.8 Å². The van der Waals surface area contributed by atoms with E-state index in [1.54, 1.807) is 42.5 Å². The molecule has 2 heterocycles. The topological polar surface area (TPSA) is 254 Å². The molecule has 19 heteroatoms. The minimum atomic E-state index is -2.29. The number of alkyl carbamates (subject to hydrolysis) is 1. The molecule has 1 saturated heterocycles. The lowest BCUT2D eigenvalue weighted by molar-refractivity contribution is -0.143. The first-order valence-electron chi connectivity index (χ1n) is 26.9. The number of benzene rings is 5. The number of nitrogens with one attached hydrogen (secondary N) is 8. The van der Waals surface area contributed by atoms with Crippen LogP contribution in [0.4, 0.5) is 4.79 Å². The number of likely N-dealkylation sites (N-methyl/N-ethyl adjacent to an activating group) is 1. The SMILES string of the molecule is CN1CCc2c(cccc2OCCCNC(=O)CCNC(=O)C2(CNC(=O)[C@H](Cc3ccccc3)NC(=O)OCC3c4ccccc4-c4ccccc43)CNC(=O)CCNC(=O)[C@H](Cc3ccccc3)NC(=O)CCNC2=O)C1. The lowest BCUT2D eigenvalue weighted by atomic mass is 9.84. The third-order valence-electron chi connectivity index (χ3n) is 14.4. The quantitative estimate of drug-likeness (QED) is 0.0441. The van der Waals surface area contributed by atoms with E-state index in [9.17, 15) is 38.4 Å². The highest BCUT2D eigenvalue weighted by Crippen LogP contribution is 2.44. The van der Waals surface area contributed by atoms with E-state index in [1.807, 2.05) is 78.9 Å². The Morgan fingerprint density at radius 2 is 1.38 bits per heavy atom. The van der Waals surface area contributed by atoms with E-state index in [-0.39, 0.29) is 70.2 Å². The third kappa shape index (κ3) is 15.3. The first-order chi connectivity index (χ1) is 38.4. The number of hydrogen-bond donors (Lipinski definition) is 8. The molecule has 3 aliphatic rings. The van der Waals surface area contributed by atoms with Crippen LogP contribution in [0.15, 0.2) is 127 Å². The average molecular weight is 1080 g/mol. The molecule has 0 aromatic heterocycles. The van der Waals surface area contributed by atoms with Gasteiger partial charge in [0.2, 0.25) is 41.4 Å². The van der Waals surface area contributed by atoms with Crippen LogP contribution in [0, 0.1) is 5.41 Å². The van der Waals surface area contributed by atoms with Crippen LogP contribution in [0.5, 0.6) is 5.75 Å². The van der Waals surface area contributed by atoms with Crippen molar-refractivity contribution in [1.82, 2.24) is 47.4 Å². The molecule has 3 atom stereocenters. The maximum absolute atomic E-state index is 14.7. The van der Waals surface area contributed by atoms with E-state index < -0.39 is 72.1 Å². The van der Waals surface area contributed by atoms with Crippen LogP contribution in [0.3, 0.4) is 0 Å². The molecule has 8 N–H and O–H groups in total. The summed E-state index contributed by atoms with van der Waals surface area (Å²) in [4.78, 5) is 113. The van der Waals surface area contributed by atoms with Gasteiger partial charge < -0.3 is 56.9 Å². The molecule has 0 spiro atoms. The number of amides is 8. The van der Waals surface area contributed by atoms with E-state index in [0.717, 1.165) is 53.1 Å². The summed E-state index contributed by atoms with van der Waals surface area (Å²) in [7, 11) is 2.08. The Morgan fingerprint density at radius 3 is 2.11 bits per heavy atom.